The summed E-state index contributed by atoms with van der Waals surface area (Å²) in [5.74, 6) is -1.54. The number of hydrogen-bond acceptors (Lipinski definition) is 4. The molecule has 0 spiro atoms. The van der Waals surface area contributed by atoms with E-state index >= 15 is 0 Å². The summed E-state index contributed by atoms with van der Waals surface area (Å²) in [6, 6.07) is 4.03. The zero-order valence-electron chi connectivity index (χ0n) is 11.3. The number of rotatable bonds is 4. The van der Waals surface area contributed by atoms with Crippen molar-refractivity contribution in [3.05, 3.63) is 28.8 Å². The molecule has 1 heterocycles. The van der Waals surface area contributed by atoms with Crippen molar-refractivity contribution in [3.8, 4) is 5.75 Å². The van der Waals surface area contributed by atoms with Gasteiger partial charge in [0, 0.05) is 19.8 Å². The number of hydrogen-bond donors (Lipinski definition) is 3. The lowest BCUT2D eigenvalue weighted by molar-refractivity contribution is -0.154. The van der Waals surface area contributed by atoms with Gasteiger partial charge >= 0.3 is 5.97 Å². The van der Waals surface area contributed by atoms with Gasteiger partial charge in [0.25, 0.3) is 5.91 Å². The fourth-order valence-electron chi connectivity index (χ4n) is 2.26. The van der Waals surface area contributed by atoms with E-state index in [-0.39, 0.29) is 22.9 Å². The summed E-state index contributed by atoms with van der Waals surface area (Å²) >= 11 is 5.90. The first-order chi connectivity index (χ1) is 9.94. The number of carbonyl (C=O) groups excluding carboxylic acids is 1. The average Bonchev–Trinajstić information content (AvgIpc) is 2.48. The monoisotopic (exact) mass is 313 g/mol. The number of amides is 1. The molecule has 0 radical (unpaired) electrons. The molecule has 0 saturated carbocycles. The predicted molar refractivity (Wildman–Crippen MR) is 75.6 cm³/mol. The molecule has 0 aromatic heterocycles. The number of nitrogens with one attached hydrogen (secondary N) is 1. The van der Waals surface area contributed by atoms with Crippen molar-refractivity contribution in [1.82, 2.24) is 5.32 Å². The van der Waals surface area contributed by atoms with Crippen LogP contribution in [0.4, 0.5) is 0 Å². The largest absolute Gasteiger partial charge is 0.508 e. The molecule has 2 rings (SSSR count). The zero-order chi connectivity index (χ0) is 15.5. The van der Waals surface area contributed by atoms with Crippen molar-refractivity contribution in [1.29, 1.82) is 0 Å². The van der Waals surface area contributed by atoms with Gasteiger partial charge in [-0.3, -0.25) is 9.59 Å². The molecule has 1 aliphatic rings. The Kier molecular flexibility index (Phi) is 4.69. The highest BCUT2D eigenvalue weighted by atomic mass is 35.5. The summed E-state index contributed by atoms with van der Waals surface area (Å²) in [6.07, 6.45) is 0.687. The number of carboxylic acids is 1. The molecule has 6 nitrogen and oxygen atoms in total. The van der Waals surface area contributed by atoms with Crippen LogP contribution in [0.15, 0.2) is 18.2 Å². The minimum Gasteiger partial charge on any atom is -0.508 e. The van der Waals surface area contributed by atoms with Crippen LogP contribution in [0.1, 0.15) is 23.2 Å². The molecule has 114 valence electrons. The van der Waals surface area contributed by atoms with Gasteiger partial charge in [-0.25, -0.2) is 0 Å². The van der Waals surface area contributed by atoms with E-state index in [1.54, 1.807) is 0 Å². The molecule has 3 N–H and O–H groups in total. The topological polar surface area (TPSA) is 95.9 Å². The summed E-state index contributed by atoms with van der Waals surface area (Å²) < 4.78 is 5.17. The molecule has 21 heavy (non-hydrogen) atoms. The van der Waals surface area contributed by atoms with Crippen LogP contribution in [0.5, 0.6) is 5.75 Å². The fraction of sp³-hybridized carbons (Fsp3) is 0.429. The summed E-state index contributed by atoms with van der Waals surface area (Å²) in [6.45, 7) is 0.709. The Balaban J connectivity index is 2.08. The number of phenols is 1. The average molecular weight is 314 g/mol. The number of halogens is 1. The van der Waals surface area contributed by atoms with Gasteiger partial charge in [0.2, 0.25) is 0 Å². The second kappa shape index (κ2) is 6.32. The van der Waals surface area contributed by atoms with Crippen LogP contribution in [0.25, 0.3) is 0 Å². The number of ether oxygens (including phenoxy) is 1. The van der Waals surface area contributed by atoms with Crippen molar-refractivity contribution >= 4 is 23.5 Å². The van der Waals surface area contributed by atoms with E-state index in [1.165, 1.54) is 18.2 Å². The Morgan fingerprint density at radius 2 is 2.00 bits per heavy atom. The second-order valence-electron chi connectivity index (χ2n) is 5.04. The standard InChI is InChI=1S/C14H16ClNO5/c15-11-2-1-9(17)7-10(11)12(18)16-8-14(13(19)20)3-5-21-6-4-14/h1-2,7,17H,3-6,8H2,(H,16,18)(H,19,20). The van der Waals surface area contributed by atoms with Gasteiger partial charge in [0.15, 0.2) is 0 Å². The molecular formula is C14H16ClNO5. The highest BCUT2D eigenvalue weighted by Gasteiger charge is 2.40. The van der Waals surface area contributed by atoms with Crippen molar-refractivity contribution in [2.75, 3.05) is 19.8 Å². The maximum absolute atomic E-state index is 12.1. The molecular weight excluding hydrogens is 298 g/mol. The molecule has 1 saturated heterocycles. The highest BCUT2D eigenvalue weighted by Crippen LogP contribution is 2.30. The van der Waals surface area contributed by atoms with Crippen LogP contribution in [-0.4, -0.2) is 41.8 Å². The molecule has 1 amide bonds. The minimum atomic E-state index is -1.02. The Bertz CT molecular complexity index is 554. The van der Waals surface area contributed by atoms with Crippen molar-refractivity contribution in [3.63, 3.8) is 0 Å². The molecule has 1 aliphatic heterocycles. The third-order valence-corrected chi connectivity index (χ3v) is 4.02. The van der Waals surface area contributed by atoms with Gasteiger partial charge in [-0.1, -0.05) is 11.6 Å². The van der Waals surface area contributed by atoms with E-state index in [0.717, 1.165) is 0 Å². The van der Waals surface area contributed by atoms with E-state index in [4.69, 9.17) is 16.3 Å². The summed E-state index contributed by atoms with van der Waals surface area (Å²) in [5.41, 5.74) is -0.902. The quantitative estimate of drug-likeness (QED) is 0.785. The van der Waals surface area contributed by atoms with Gasteiger partial charge < -0.3 is 20.3 Å². The first-order valence-electron chi connectivity index (χ1n) is 6.52. The van der Waals surface area contributed by atoms with Crippen LogP contribution in [0, 0.1) is 5.41 Å². The zero-order valence-corrected chi connectivity index (χ0v) is 12.0. The number of aromatic hydroxyl groups is 1. The number of carbonyl (C=O) groups is 2. The van der Waals surface area contributed by atoms with E-state index in [0.29, 0.717) is 26.1 Å². The molecule has 0 aliphatic carbocycles. The number of aliphatic carboxylic acids is 1. The summed E-state index contributed by atoms with van der Waals surface area (Å²) in [7, 11) is 0. The molecule has 0 atom stereocenters. The maximum atomic E-state index is 12.1. The Hall–Kier alpha value is -1.79. The van der Waals surface area contributed by atoms with Gasteiger partial charge in [-0.15, -0.1) is 0 Å². The molecule has 1 fully saturated rings. The first-order valence-corrected chi connectivity index (χ1v) is 6.90. The third-order valence-electron chi connectivity index (χ3n) is 3.69. The van der Waals surface area contributed by atoms with Crippen molar-refractivity contribution in [2.45, 2.75) is 12.8 Å². The first kappa shape index (κ1) is 15.6. The molecule has 0 bridgehead atoms. The predicted octanol–water partition coefficient (Wildman–Crippen LogP) is 1.66. The van der Waals surface area contributed by atoms with Crippen LogP contribution in [0.3, 0.4) is 0 Å². The SMILES string of the molecule is O=C(NCC1(C(=O)O)CCOCC1)c1cc(O)ccc1Cl. The van der Waals surface area contributed by atoms with E-state index in [2.05, 4.69) is 5.32 Å². The van der Waals surface area contributed by atoms with Gasteiger partial charge in [0.1, 0.15) is 5.75 Å². The van der Waals surface area contributed by atoms with Crippen LogP contribution in [-0.2, 0) is 9.53 Å². The van der Waals surface area contributed by atoms with E-state index < -0.39 is 17.3 Å². The smallest absolute Gasteiger partial charge is 0.311 e. The Morgan fingerprint density at radius 1 is 1.33 bits per heavy atom. The third kappa shape index (κ3) is 3.46. The Morgan fingerprint density at radius 3 is 2.62 bits per heavy atom. The van der Waals surface area contributed by atoms with Crippen LogP contribution in [0.2, 0.25) is 5.02 Å². The van der Waals surface area contributed by atoms with Gasteiger partial charge in [-0.05, 0) is 31.0 Å². The molecule has 1 aromatic rings. The lowest BCUT2D eigenvalue weighted by Crippen LogP contribution is -2.46. The number of carboxylic acid groups (broad SMARTS) is 1. The molecule has 1 aromatic carbocycles. The summed E-state index contributed by atoms with van der Waals surface area (Å²) in [4.78, 5) is 23.6. The summed E-state index contributed by atoms with van der Waals surface area (Å²) in [5, 5.41) is 21.6. The Labute approximate surface area is 126 Å². The molecule has 7 heteroatoms. The lowest BCUT2D eigenvalue weighted by Gasteiger charge is -2.33. The van der Waals surface area contributed by atoms with Crippen molar-refractivity contribution < 1.29 is 24.5 Å². The normalized spacial score (nSPS) is 17.2. The van der Waals surface area contributed by atoms with Crippen molar-refractivity contribution in [2.24, 2.45) is 5.41 Å². The van der Waals surface area contributed by atoms with Gasteiger partial charge in [0.05, 0.1) is 16.0 Å². The lowest BCUT2D eigenvalue weighted by atomic mass is 9.80. The van der Waals surface area contributed by atoms with Gasteiger partial charge in [-0.2, -0.15) is 0 Å². The highest BCUT2D eigenvalue weighted by molar-refractivity contribution is 6.33. The minimum absolute atomic E-state index is 0.00346. The number of phenolic OH excluding ortho intramolecular Hbond substituents is 1. The van der Waals surface area contributed by atoms with Crippen LogP contribution >= 0.6 is 11.6 Å². The van der Waals surface area contributed by atoms with E-state index in [1.807, 2.05) is 0 Å². The molecule has 0 unspecified atom stereocenters. The fourth-order valence-corrected chi connectivity index (χ4v) is 2.46. The maximum Gasteiger partial charge on any atom is 0.311 e. The second-order valence-corrected chi connectivity index (χ2v) is 5.45. The van der Waals surface area contributed by atoms with Crippen LogP contribution < -0.4 is 5.32 Å². The number of benzene rings is 1. The van der Waals surface area contributed by atoms with E-state index in [9.17, 15) is 19.8 Å².